The molecule has 3 aromatic rings. The van der Waals surface area contributed by atoms with Gasteiger partial charge in [-0.25, -0.2) is 4.39 Å². The molecule has 2 aliphatic rings. The fourth-order valence-corrected chi connectivity index (χ4v) is 4.59. The summed E-state index contributed by atoms with van der Waals surface area (Å²) < 4.78 is 32.8. The van der Waals surface area contributed by atoms with E-state index in [2.05, 4.69) is 0 Å². The molecular formula is C24H17Cl3FNO4. The van der Waals surface area contributed by atoms with Crippen molar-refractivity contribution in [3.05, 3.63) is 92.2 Å². The number of hydrogen-bond acceptors (Lipinski definition) is 4. The first-order chi connectivity index (χ1) is 15.9. The molecule has 0 N–H and O–H groups in total. The lowest BCUT2D eigenvalue weighted by atomic mass is 9.97. The number of morpholine rings is 1. The largest absolute Gasteiger partial charge is 0.440 e. The van der Waals surface area contributed by atoms with Crippen molar-refractivity contribution in [3.8, 4) is 11.5 Å². The van der Waals surface area contributed by atoms with Crippen molar-refractivity contribution < 1.29 is 23.4 Å². The van der Waals surface area contributed by atoms with E-state index in [9.17, 15) is 4.79 Å². The number of nitrogens with zero attached hydrogens (tertiary/aromatic N) is 1. The quantitative estimate of drug-likeness (QED) is 0.440. The number of benzene rings is 3. The standard InChI is InChI=1S/C24H17Cl3FNO4/c25-15-3-1-14(2-4-15)24(18-6-5-16(26)11-19(18)27)32-21-12-17(20(28)13-22(21)33-24)23(30)29-7-9-31-10-8-29/h1-6,11-13H,7-10H2/t24-/m0/s1. The summed E-state index contributed by atoms with van der Waals surface area (Å²) in [5, 5.41) is 1.27. The maximum atomic E-state index is 15.0. The summed E-state index contributed by atoms with van der Waals surface area (Å²) in [4.78, 5) is 14.5. The van der Waals surface area contributed by atoms with Crippen LogP contribution in [0.2, 0.25) is 15.1 Å². The lowest BCUT2D eigenvalue weighted by molar-refractivity contribution is -0.0458. The molecule has 0 bridgehead atoms. The van der Waals surface area contributed by atoms with E-state index in [1.54, 1.807) is 47.4 Å². The van der Waals surface area contributed by atoms with Crippen LogP contribution in [-0.2, 0) is 10.5 Å². The average Bonchev–Trinajstić information content (AvgIpc) is 3.18. The molecule has 0 aromatic heterocycles. The number of carbonyl (C=O) groups excluding carboxylic acids is 1. The Hall–Kier alpha value is -2.51. The third-order valence-corrected chi connectivity index (χ3v) is 6.38. The van der Waals surface area contributed by atoms with Gasteiger partial charge in [0.1, 0.15) is 5.82 Å². The number of fused-ring (bicyclic) bond motifs is 1. The van der Waals surface area contributed by atoms with Gasteiger partial charge in [-0.15, -0.1) is 0 Å². The summed E-state index contributed by atoms with van der Waals surface area (Å²) >= 11 is 18.7. The van der Waals surface area contributed by atoms with Crippen LogP contribution in [0.3, 0.4) is 0 Å². The third-order valence-electron chi connectivity index (χ3n) is 5.58. The van der Waals surface area contributed by atoms with Crippen molar-refractivity contribution in [2.45, 2.75) is 5.79 Å². The topological polar surface area (TPSA) is 48.0 Å². The fourth-order valence-electron chi connectivity index (χ4n) is 3.93. The first-order valence-corrected chi connectivity index (χ1v) is 11.3. The van der Waals surface area contributed by atoms with E-state index in [1.807, 2.05) is 0 Å². The molecule has 0 unspecified atom stereocenters. The lowest BCUT2D eigenvalue weighted by Crippen LogP contribution is -2.41. The van der Waals surface area contributed by atoms with Crippen LogP contribution in [0.4, 0.5) is 4.39 Å². The predicted octanol–water partition coefficient (Wildman–Crippen LogP) is 5.93. The zero-order chi connectivity index (χ0) is 23.2. The summed E-state index contributed by atoms with van der Waals surface area (Å²) in [5.74, 6) is -2.30. The fraction of sp³-hybridized carbons (Fsp3) is 0.208. The molecule has 0 aliphatic carbocycles. The maximum Gasteiger partial charge on any atom is 0.307 e. The van der Waals surface area contributed by atoms with Crippen LogP contribution >= 0.6 is 34.8 Å². The first kappa shape index (κ1) is 22.3. The molecule has 0 radical (unpaired) electrons. The highest BCUT2D eigenvalue weighted by atomic mass is 35.5. The van der Waals surface area contributed by atoms with E-state index < -0.39 is 17.5 Å². The Balaban J connectivity index is 1.59. The van der Waals surface area contributed by atoms with Crippen molar-refractivity contribution in [2.75, 3.05) is 26.3 Å². The highest BCUT2D eigenvalue weighted by molar-refractivity contribution is 6.35. The normalized spacial score (nSPS) is 19.6. The Morgan fingerprint density at radius 3 is 2.18 bits per heavy atom. The number of hydrogen-bond donors (Lipinski definition) is 0. The molecule has 3 aromatic carbocycles. The minimum Gasteiger partial charge on any atom is -0.440 e. The summed E-state index contributed by atoms with van der Waals surface area (Å²) in [5.41, 5.74) is 0.940. The van der Waals surface area contributed by atoms with Crippen LogP contribution in [0.1, 0.15) is 21.5 Å². The molecule has 170 valence electrons. The smallest absolute Gasteiger partial charge is 0.307 e. The van der Waals surface area contributed by atoms with Gasteiger partial charge in [0.15, 0.2) is 11.5 Å². The number of carbonyl (C=O) groups is 1. The van der Waals surface area contributed by atoms with Crippen LogP contribution in [0, 0.1) is 5.82 Å². The Kier molecular flexibility index (Phi) is 5.87. The van der Waals surface area contributed by atoms with Gasteiger partial charge >= 0.3 is 5.79 Å². The van der Waals surface area contributed by atoms with Gasteiger partial charge in [0, 0.05) is 34.8 Å². The minimum atomic E-state index is -1.53. The van der Waals surface area contributed by atoms with Crippen molar-refractivity contribution >= 4 is 40.7 Å². The molecular weight excluding hydrogens is 492 g/mol. The van der Waals surface area contributed by atoms with Gasteiger partial charge in [0.05, 0.1) is 29.4 Å². The zero-order valence-corrected chi connectivity index (χ0v) is 19.4. The molecule has 5 rings (SSSR count). The van der Waals surface area contributed by atoms with Crippen molar-refractivity contribution in [1.29, 1.82) is 0 Å². The second kappa shape index (κ2) is 8.69. The van der Waals surface area contributed by atoms with Gasteiger partial charge in [-0.2, -0.15) is 0 Å². The van der Waals surface area contributed by atoms with Gasteiger partial charge in [-0.1, -0.05) is 34.8 Å². The zero-order valence-electron chi connectivity index (χ0n) is 17.1. The lowest BCUT2D eigenvalue weighted by Gasteiger charge is -2.29. The molecule has 1 saturated heterocycles. The second-order valence-corrected chi connectivity index (χ2v) is 8.92. The molecule has 9 heteroatoms. The molecule has 0 saturated carbocycles. The average molecular weight is 509 g/mol. The summed E-state index contributed by atoms with van der Waals surface area (Å²) in [6.45, 7) is 1.60. The van der Waals surface area contributed by atoms with Gasteiger partial charge < -0.3 is 19.1 Å². The van der Waals surface area contributed by atoms with E-state index in [4.69, 9.17) is 49.0 Å². The van der Waals surface area contributed by atoms with Crippen molar-refractivity contribution in [2.24, 2.45) is 0 Å². The molecule has 1 fully saturated rings. The van der Waals surface area contributed by atoms with Crippen LogP contribution in [0.15, 0.2) is 54.6 Å². The summed E-state index contributed by atoms with van der Waals surface area (Å²) in [7, 11) is 0. The molecule has 0 spiro atoms. The molecule has 5 nitrogen and oxygen atoms in total. The number of rotatable bonds is 3. The molecule has 1 atom stereocenters. The van der Waals surface area contributed by atoms with Gasteiger partial charge in [0.2, 0.25) is 0 Å². The Morgan fingerprint density at radius 1 is 0.879 bits per heavy atom. The highest BCUT2D eigenvalue weighted by Crippen LogP contribution is 2.50. The van der Waals surface area contributed by atoms with E-state index in [-0.39, 0.29) is 17.1 Å². The molecule has 1 amide bonds. The summed E-state index contributed by atoms with van der Waals surface area (Å²) in [6, 6.07) is 14.3. The maximum absolute atomic E-state index is 15.0. The van der Waals surface area contributed by atoms with E-state index in [0.29, 0.717) is 52.5 Å². The first-order valence-electron chi connectivity index (χ1n) is 10.2. The Labute approximate surface area is 204 Å². The van der Waals surface area contributed by atoms with Crippen LogP contribution in [0.25, 0.3) is 0 Å². The minimum absolute atomic E-state index is 0.103. The molecule has 2 heterocycles. The third kappa shape index (κ3) is 4.02. The summed E-state index contributed by atoms with van der Waals surface area (Å²) in [6.07, 6.45) is 0. The Morgan fingerprint density at radius 2 is 1.52 bits per heavy atom. The van der Waals surface area contributed by atoms with Gasteiger partial charge in [-0.3, -0.25) is 4.79 Å². The number of halogens is 4. The van der Waals surface area contributed by atoms with E-state index >= 15 is 4.39 Å². The van der Waals surface area contributed by atoms with Crippen molar-refractivity contribution in [3.63, 3.8) is 0 Å². The monoisotopic (exact) mass is 507 g/mol. The Bertz CT molecular complexity index is 1230. The number of ether oxygens (including phenoxy) is 3. The van der Waals surface area contributed by atoms with Crippen molar-refractivity contribution in [1.82, 2.24) is 4.90 Å². The van der Waals surface area contributed by atoms with Gasteiger partial charge in [-0.05, 0) is 48.5 Å². The van der Waals surface area contributed by atoms with E-state index in [0.717, 1.165) is 6.07 Å². The predicted molar refractivity (Wildman–Crippen MR) is 123 cm³/mol. The SMILES string of the molecule is O=C(c1cc2c(cc1F)O[C@@](c1ccc(Cl)cc1)(c1ccc(Cl)cc1Cl)O2)N1CCOCC1. The van der Waals surface area contributed by atoms with Gasteiger partial charge in [0.25, 0.3) is 5.91 Å². The van der Waals surface area contributed by atoms with Crippen LogP contribution < -0.4 is 9.47 Å². The highest BCUT2D eigenvalue weighted by Gasteiger charge is 2.47. The van der Waals surface area contributed by atoms with E-state index in [1.165, 1.54) is 6.07 Å². The van der Waals surface area contributed by atoms with Crippen LogP contribution in [-0.4, -0.2) is 37.1 Å². The number of amides is 1. The second-order valence-electron chi connectivity index (χ2n) is 7.64. The van der Waals surface area contributed by atoms with Crippen LogP contribution in [0.5, 0.6) is 11.5 Å². The molecule has 33 heavy (non-hydrogen) atoms. The molecule has 2 aliphatic heterocycles.